The Morgan fingerprint density at radius 3 is 2.68 bits per heavy atom. The van der Waals surface area contributed by atoms with Crippen LogP contribution >= 0.6 is 11.6 Å². The van der Waals surface area contributed by atoms with Crippen LogP contribution in [0.1, 0.15) is 17.1 Å². The van der Waals surface area contributed by atoms with Gasteiger partial charge in [0.2, 0.25) is 0 Å². The van der Waals surface area contributed by atoms with E-state index in [1.54, 1.807) is 24.3 Å². The zero-order chi connectivity index (χ0) is 22.2. The number of fused-ring (bicyclic) bond motifs is 1. The van der Waals surface area contributed by atoms with Crippen molar-refractivity contribution in [3.8, 4) is 17.4 Å². The molecule has 2 heterocycles. The van der Waals surface area contributed by atoms with Crippen LogP contribution in [-0.2, 0) is 6.18 Å². The van der Waals surface area contributed by atoms with Gasteiger partial charge in [0.15, 0.2) is 5.82 Å². The number of hydrogen-bond acceptors (Lipinski definition) is 4. The Morgan fingerprint density at radius 2 is 1.94 bits per heavy atom. The number of benzene rings is 2. The third kappa shape index (κ3) is 4.09. The van der Waals surface area contributed by atoms with Gasteiger partial charge in [-0.3, -0.25) is 4.79 Å². The fourth-order valence-corrected chi connectivity index (χ4v) is 3.19. The first kappa shape index (κ1) is 20.4. The zero-order valence-electron chi connectivity index (χ0n) is 15.5. The number of para-hydroxylation sites is 1. The van der Waals surface area contributed by atoms with Crippen LogP contribution < -0.4 is 5.56 Å². The monoisotopic (exact) mass is 441 g/mol. The summed E-state index contributed by atoms with van der Waals surface area (Å²) in [7, 11) is 0. The third-order valence-electron chi connectivity index (χ3n) is 4.46. The highest BCUT2D eigenvalue weighted by atomic mass is 35.5. The lowest BCUT2D eigenvalue weighted by molar-refractivity contribution is -0.137. The van der Waals surface area contributed by atoms with E-state index in [2.05, 4.69) is 9.97 Å². The minimum absolute atomic E-state index is 0.0129. The van der Waals surface area contributed by atoms with Gasteiger partial charge in [0.25, 0.3) is 5.56 Å². The average molecular weight is 442 g/mol. The maximum Gasteiger partial charge on any atom is 0.416 e. The van der Waals surface area contributed by atoms with Crippen molar-refractivity contribution >= 4 is 34.2 Å². The number of halogens is 4. The number of nitrogens with one attached hydrogen (secondary N) is 1. The molecule has 0 radical (unpaired) electrons. The van der Waals surface area contributed by atoms with Gasteiger partial charge in [-0.25, -0.2) is 4.98 Å². The van der Waals surface area contributed by atoms with Crippen molar-refractivity contribution < 1.29 is 17.6 Å². The second-order valence-electron chi connectivity index (χ2n) is 6.50. The third-order valence-corrected chi connectivity index (χ3v) is 4.79. The topological polar surface area (TPSA) is 82.7 Å². The first-order valence-electron chi connectivity index (χ1n) is 8.84. The number of furan rings is 1. The first-order chi connectivity index (χ1) is 14.8. The zero-order valence-corrected chi connectivity index (χ0v) is 16.3. The summed E-state index contributed by atoms with van der Waals surface area (Å²) in [4.78, 5) is 19.1. The molecule has 1 N–H and O–H groups in total. The number of nitriles is 1. The summed E-state index contributed by atoms with van der Waals surface area (Å²) >= 11 is 6.05. The van der Waals surface area contributed by atoms with E-state index in [9.17, 15) is 23.2 Å². The molecule has 0 saturated heterocycles. The maximum absolute atomic E-state index is 13.0. The van der Waals surface area contributed by atoms with Crippen molar-refractivity contribution in [3.63, 3.8) is 0 Å². The number of aromatic amines is 1. The summed E-state index contributed by atoms with van der Waals surface area (Å²) < 4.78 is 44.6. The molecule has 2 aromatic carbocycles. The van der Waals surface area contributed by atoms with Crippen LogP contribution in [0.2, 0.25) is 5.02 Å². The lowest BCUT2D eigenvalue weighted by atomic mass is 10.1. The van der Waals surface area contributed by atoms with Crippen molar-refractivity contribution in [2.24, 2.45) is 0 Å². The van der Waals surface area contributed by atoms with E-state index in [0.29, 0.717) is 10.9 Å². The lowest BCUT2D eigenvalue weighted by Crippen LogP contribution is -2.11. The summed E-state index contributed by atoms with van der Waals surface area (Å²) in [6.45, 7) is 0. The van der Waals surface area contributed by atoms with E-state index >= 15 is 0 Å². The molecular formula is C22H11ClF3N3O2. The highest BCUT2D eigenvalue weighted by Gasteiger charge is 2.31. The van der Waals surface area contributed by atoms with Crippen LogP contribution in [0.15, 0.2) is 63.8 Å². The Hall–Kier alpha value is -3.83. The van der Waals surface area contributed by atoms with E-state index in [-0.39, 0.29) is 33.5 Å². The van der Waals surface area contributed by atoms with E-state index in [1.165, 1.54) is 18.2 Å². The number of nitrogens with zero attached hydrogens (tertiary/aromatic N) is 2. The van der Waals surface area contributed by atoms with Gasteiger partial charge < -0.3 is 9.40 Å². The lowest BCUT2D eigenvalue weighted by Gasteiger charge is -2.09. The van der Waals surface area contributed by atoms with Crippen molar-refractivity contribution in [2.45, 2.75) is 6.18 Å². The van der Waals surface area contributed by atoms with Gasteiger partial charge in [0.1, 0.15) is 17.6 Å². The van der Waals surface area contributed by atoms with E-state index < -0.39 is 17.3 Å². The molecule has 5 nitrogen and oxygen atoms in total. The molecule has 31 heavy (non-hydrogen) atoms. The van der Waals surface area contributed by atoms with Crippen LogP contribution in [0, 0.1) is 11.3 Å². The molecule has 4 aromatic rings. The predicted octanol–water partition coefficient (Wildman–Crippen LogP) is 5.92. The van der Waals surface area contributed by atoms with E-state index in [4.69, 9.17) is 16.0 Å². The molecule has 0 spiro atoms. The largest absolute Gasteiger partial charge is 0.457 e. The van der Waals surface area contributed by atoms with Crippen LogP contribution in [0.5, 0.6) is 0 Å². The Morgan fingerprint density at radius 1 is 1.16 bits per heavy atom. The van der Waals surface area contributed by atoms with Gasteiger partial charge in [-0.05, 0) is 42.5 Å². The smallest absolute Gasteiger partial charge is 0.416 e. The van der Waals surface area contributed by atoms with Gasteiger partial charge in [0, 0.05) is 11.6 Å². The predicted molar refractivity (Wildman–Crippen MR) is 110 cm³/mol. The summed E-state index contributed by atoms with van der Waals surface area (Å²) in [5.74, 6) is 0.316. The Bertz CT molecular complexity index is 1430. The number of allylic oxidation sites excluding steroid dienone is 1. The summed E-state index contributed by atoms with van der Waals surface area (Å²) in [6.07, 6.45) is -3.20. The molecule has 0 bridgehead atoms. The molecule has 0 unspecified atom stereocenters. The summed E-state index contributed by atoms with van der Waals surface area (Å²) in [5, 5.41) is 9.99. The number of aromatic nitrogens is 2. The molecule has 0 atom stereocenters. The molecule has 0 fully saturated rings. The quantitative estimate of drug-likeness (QED) is 0.400. The molecule has 9 heteroatoms. The minimum Gasteiger partial charge on any atom is -0.457 e. The van der Waals surface area contributed by atoms with E-state index in [1.807, 2.05) is 6.07 Å². The van der Waals surface area contributed by atoms with Crippen LogP contribution in [0.25, 0.3) is 33.9 Å². The van der Waals surface area contributed by atoms with Crippen molar-refractivity contribution in [1.82, 2.24) is 9.97 Å². The Balaban J connectivity index is 1.74. The molecule has 4 rings (SSSR count). The number of hydrogen-bond donors (Lipinski definition) is 1. The van der Waals surface area contributed by atoms with Crippen molar-refractivity contribution in [1.29, 1.82) is 5.26 Å². The Kier molecular flexibility index (Phi) is 5.13. The molecule has 154 valence electrons. The van der Waals surface area contributed by atoms with Crippen molar-refractivity contribution in [3.05, 3.63) is 87.1 Å². The number of alkyl halides is 3. The fourth-order valence-electron chi connectivity index (χ4n) is 2.98. The molecule has 0 amide bonds. The van der Waals surface area contributed by atoms with Gasteiger partial charge in [-0.2, -0.15) is 18.4 Å². The fraction of sp³-hybridized carbons (Fsp3) is 0.0455. The molecule has 0 aliphatic carbocycles. The minimum atomic E-state index is -4.53. The molecular weight excluding hydrogens is 431 g/mol. The van der Waals surface area contributed by atoms with Gasteiger partial charge in [0.05, 0.1) is 27.1 Å². The molecule has 2 aromatic heterocycles. The van der Waals surface area contributed by atoms with Crippen LogP contribution in [0.4, 0.5) is 13.2 Å². The summed E-state index contributed by atoms with van der Waals surface area (Å²) in [6, 6.07) is 14.4. The second-order valence-corrected chi connectivity index (χ2v) is 6.90. The van der Waals surface area contributed by atoms with Crippen LogP contribution in [0.3, 0.4) is 0 Å². The number of rotatable bonds is 3. The SMILES string of the molecule is N#C/C(=C\c1ccc(-c2cc(C(F)(F)F)ccc2Cl)o1)c1nc2ccccc2c(=O)[nH]1. The van der Waals surface area contributed by atoms with Crippen LogP contribution in [-0.4, -0.2) is 9.97 Å². The van der Waals surface area contributed by atoms with Crippen molar-refractivity contribution in [2.75, 3.05) is 0 Å². The van der Waals surface area contributed by atoms with Gasteiger partial charge in [-0.15, -0.1) is 0 Å². The van der Waals surface area contributed by atoms with Gasteiger partial charge in [-0.1, -0.05) is 23.7 Å². The standard InChI is InChI=1S/C22H11ClF3N3O2/c23-17-7-5-13(22(24,25)26)10-16(17)19-8-6-14(31-19)9-12(11-27)20-28-18-4-2-1-3-15(18)21(30)29-20/h1-10H,(H,28,29,30)/b12-9+. The highest BCUT2D eigenvalue weighted by Crippen LogP contribution is 2.36. The maximum atomic E-state index is 13.0. The average Bonchev–Trinajstić information content (AvgIpc) is 3.20. The normalized spacial score (nSPS) is 12.2. The summed E-state index contributed by atoms with van der Waals surface area (Å²) in [5.41, 5.74) is -0.780. The number of H-pyrrole nitrogens is 1. The highest BCUT2D eigenvalue weighted by molar-refractivity contribution is 6.33. The second kappa shape index (κ2) is 7.78. The Labute approximate surface area is 178 Å². The van der Waals surface area contributed by atoms with E-state index in [0.717, 1.165) is 18.2 Å². The molecule has 0 aliphatic heterocycles. The molecule has 0 aliphatic rings. The first-order valence-corrected chi connectivity index (χ1v) is 9.22. The van der Waals surface area contributed by atoms with Gasteiger partial charge >= 0.3 is 6.18 Å². The molecule has 0 saturated carbocycles.